The zero-order chi connectivity index (χ0) is 11.8. The third-order valence-corrected chi connectivity index (χ3v) is 2.82. The maximum atomic E-state index is 11.9. The molecule has 0 saturated carbocycles. The van der Waals surface area contributed by atoms with Crippen LogP contribution in [0.4, 0.5) is 11.4 Å². The Hall–Kier alpha value is -2.42. The highest BCUT2D eigenvalue weighted by Crippen LogP contribution is 2.29. The summed E-state index contributed by atoms with van der Waals surface area (Å²) in [6.45, 7) is 0. The fourth-order valence-electron chi connectivity index (χ4n) is 2.04. The molecular weight excluding hydrogens is 214 g/mol. The minimum absolute atomic E-state index is 0.239. The number of carbonyl (C=O) groups excluding carboxylic acids is 1. The first-order chi connectivity index (χ1) is 8.29. The minimum Gasteiger partial charge on any atom is -0.457 e. The van der Waals surface area contributed by atoms with Crippen molar-refractivity contribution in [2.75, 3.05) is 0 Å². The Morgan fingerprint density at radius 3 is 2.29 bits per heavy atom. The van der Waals surface area contributed by atoms with Gasteiger partial charge in [0.2, 0.25) is 11.4 Å². The molecule has 0 spiro atoms. The van der Waals surface area contributed by atoms with Gasteiger partial charge in [0.15, 0.2) is 0 Å². The fourth-order valence-corrected chi connectivity index (χ4v) is 2.04. The summed E-state index contributed by atoms with van der Waals surface area (Å²) in [5.74, 6) is -0.568. The van der Waals surface area contributed by atoms with Crippen molar-refractivity contribution in [3.05, 3.63) is 60.2 Å². The molecule has 1 aliphatic rings. The van der Waals surface area contributed by atoms with Crippen molar-refractivity contribution in [2.45, 2.75) is 0 Å². The summed E-state index contributed by atoms with van der Waals surface area (Å²) < 4.78 is 1.57. The normalized spacial score (nSPS) is 14.0. The maximum absolute atomic E-state index is 11.9. The van der Waals surface area contributed by atoms with E-state index in [0.717, 1.165) is 11.4 Å². The summed E-state index contributed by atoms with van der Waals surface area (Å²) in [5, 5.41) is 9.93. The second-order valence-electron chi connectivity index (χ2n) is 3.84. The Morgan fingerprint density at radius 1 is 0.882 bits per heavy atom. The number of hydrogen-bond acceptors (Lipinski definition) is 1. The van der Waals surface area contributed by atoms with Gasteiger partial charge in [-0.15, -0.1) is 4.58 Å². The first-order valence-corrected chi connectivity index (χ1v) is 5.34. The predicted molar refractivity (Wildman–Crippen MR) is 66.3 cm³/mol. The van der Waals surface area contributed by atoms with E-state index in [-0.39, 0.29) is 11.7 Å². The van der Waals surface area contributed by atoms with E-state index in [1.807, 2.05) is 42.5 Å². The van der Waals surface area contributed by atoms with E-state index in [1.54, 1.807) is 16.7 Å². The van der Waals surface area contributed by atoms with Crippen LogP contribution in [0, 0.1) is 0 Å². The van der Waals surface area contributed by atoms with Crippen molar-refractivity contribution in [1.82, 2.24) is 4.58 Å². The Kier molecular flexibility index (Phi) is 2.05. The predicted octanol–water partition coefficient (Wildman–Crippen LogP) is 2.67. The number of rotatable bonds is 1. The highest BCUT2D eigenvalue weighted by molar-refractivity contribution is 6.46. The maximum Gasteiger partial charge on any atom is 0.421 e. The topological polar surface area (TPSA) is 40.3 Å². The first-order valence-electron chi connectivity index (χ1n) is 5.34. The molecule has 0 bridgehead atoms. The lowest BCUT2D eigenvalue weighted by Gasteiger charge is -1.97. The highest BCUT2D eigenvalue weighted by atomic mass is 16.3. The van der Waals surface area contributed by atoms with Gasteiger partial charge in [-0.3, -0.25) is 4.79 Å². The lowest BCUT2D eigenvalue weighted by atomic mass is 10.1. The molecule has 3 rings (SSSR count). The number of aliphatic hydroxyl groups excluding tert-OH is 1. The smallest absolute Gasteiger partial charge is 0.421 e. The molecule has 1 heterocycles. The Bertz CT molecular complexity index is 630. The van der Waals surface area contributed by atoms with E-state index < -0.39 is 0 Å². The lowest BCUT2D eigenvalue weighted by molar-refractivity contribution is 0.105. The molecule has 82 valence electrons. The number of para-hydroxylation sites is 2. The average Bonchev–Trinajstić information content (AvgIpc) is 2.64. The highest BCUT2D eigenvalue weighted by Gasteiger charge is 2.39. The van der Waals surface area contributed by atoms with Crippen LogP contribution >= 0.6 is 0 Å². The summed E-state index contributed by atoms with van der Waals surface area (Å²) in [6.07, 6.45) is 0. The number of fused-ring (bicyclic) bond motifs is 1. The molecule has 1 aliphatic heterocycles. The number of hydrogen-bond donors (Lipinski definition) is 1. The number of Topliss-reactive ketones (excluding diaryl/α,β-unsaturated/α-hetero) is 1. The molecule has 1 N–H and O–H groups in total. The molecule has 0 unspecified atom stereocenters. The van der Waals surface area contributed by atoms with Gasteiger partial charge in [-0.1, -0.05) is 30.3 Å². The van der Waals surface area contributed by atoms with Crippen LogP contribution in [0.25, 0.3) is 0 Å². The van der Waals surface area contributed by atoms with Crippen LogP contribution in [0.1, 0.15) is 10.4 Å². The van der Waals surface area contributed by atoms with Crippen LogP contribution in [0.5, 0.6) is 0 Å². The van der Waals surface area contributed by atoms with Gasteiger partial charge < -0.3 is 5.11 Å². The van der Waals surface area contributed by atoms with Gasteiger partial charge in [-0.2, -0.15) is 0 Å². The summed E-state index contributed by atoms with van der Waals surface area (Å²) in [4.78, 5) is 11.9. The number of carbonyl (C=O) groups is 1. The van der Waals surface area contributed by atoms with Gasteiger partial charge in [0.1, 0.15) is 5.56 Å². The Balaban J connectivity index is 2.27. The van der Waals surface area contributed by atoms with Crippen LogP contribution in [0.15, 0.2) is 54.6 Å². The van der Waals surface area contributed by atoms with E-state index in [0.29, 0.717) is 5.56 Å². The van der Waals surface area contributed by atoms with Crippen molar-refractivity contribution >= 4 is 23.1 Å². The molecule has 2 aromatic carbocycles. The number of ketones is 1. The van der Waals surface area contributed by atoms with Crippen LogP contribution in [-0.4, -0.2) is 16.8 Å². The van der Waals surface area contributed by atoms with Crippen molar-refractivity contribution in [2.24, 2.45) is 0 Å². The molecule has 0 aliphatic carbocycles. The van der Waals surface area contributed by atoms with E-state index >= 15 is 0 Å². The van der Waals surface area contributed by atoms with E-state index in [2.05, 4.69) is 0 Å². The Labute approximate surface area is 98.3 Å². The van der Waals surface area contributed by atoms with Crippen molar-refractivity contribution in [3.63, 3.8) is 0 Å². The van der Waals surface area contributed by atoms with Crippen LogP contribution in [0.2, 0.25) is 0 Å². The SMILES string of the molecule is O=C1C(O)=[N+](c2ccccc2)c2ccccc21. The Morgan fingerprint density at radius 2 is 1.53 bits per heavy atom. The molecule has 0 atom stereocenters. The van der Waals surface area contributed by atoms with E-state index in [1.165, 1.54) is 0 Å². The van der Waals surface area contributed by atoms with Gasteiger partial charge in [0, 0.05) is 18.2 Å². The minimum atomic E-state index is -0.329. The average molecular weight is 224 g/mol. The molecule has 0 saturated heterocycles. The van der Waals surface area contributed by atoms with Crippen LogP contribution in [0.3, 0.4) is 0 Å². The molecule has 0 amide bonds. The number of aliphatic hydroxyl groups is 1. The zero-order valence-electron chi connectivity index (χ0n) is 9.00. The van der Waals surface area contributed by atoms with Crippen LogP contribution in [-0.2, 0) is 0 Å². The molecular formula is C14H10NO2+. The first kappa shape index (κ1) is 9.78. The van der Waals surface area contributed by atoms with Gasteiger partial charge in [0.25, 0.3) is 0 Å². The number of nitrogens with zero attached hydrogens (tertiary/aromatic N) is 1. The summed E-state index contributed by atoms with van der Waals surface area (Å²) in [7, 11) is 0. The summed E-state index contributed by atoms with van der Waals surface area (Å²) >= 11 is 0. The standard InChI is InChI=1S/C14H9NO2/c16-13-11-8-4-5-9-12(11)15(14(13)17)10-6-2-1-3-7-10/h1-9H/p+1. The van der Waals surface area contributed by atoms with Crippen molar-refractivity contribution < 1.29 is 9.90 Å². The van der Waals surface area contributed by atoms with Crippen molar-refractivity contribution in [1.29, 1.82) is 0 Å². The third-order valence-electron chi connectivity index (χ3n) is 2.82. The largest absolute Gasteiger partial charge is 0.457 e. The molecule has 17 heavy (non-hydrogen) atoms. The van der Waals surface area contributed by atoms with Gasteiger partial charge in [-0.25, -0.2) is 0 Å². The van der Waals surface area contributed by atoms with E-state index in [4.69, 9.17) is 0 Å². The van der Waals surface area contributed by atoms with Gasteiger partial charge in [-0.05, 0) is 6.07 Å². The quantitative estimate of drug-likeness (QED) is 0.756. The molecule has 3 nitrogen and oxygen atoms in total. The molecule has 0 radical (unpaired) electrons. The van der Waals surface area contributed by atoms with Crippen molar-refractivity contribution in [3.8, 4) is 0 Å². The third kappa shape index (κ3) is 1.36. The zero-order valence-corrected chi connectivity index (χ0v) is 9.00. The molecule has 3 heteroatoms. The summed E-state index contributed by atoms with van der Waals surface area (Å²) in [5.41, 5.74) is 2.04. The molecule has 0 fully saturated rings. The van der Waals surface area contributed by atoms with E-state index in [9.17, 15) is 9.90 Å². The van der Waals surface area contributed by atoms with Crippen LogP contribution < -0.4 is 4.58 Å². The lowest BCUT2D eigenvalue weighted by Crippen LogP contribution is -2.16. The second-order valence-corrected chi connectivity index (χ2v) is 3.84. The monoisotopic (exact) mass is 224 g/mol. The van der Waals surface area contributed by atoms with Gasteiger partial charge in [0.05, 0.1) is 0 Å². The second kappa shape index (κ2) is 3.56. The molecule has 0 aromatic heterocycles. The molecule has 2 aromatic rings. The number of benzene rings is 2. The fraction of sp³-hybridized carbons (Fsp3) is 0. The summed E-state index contributed by atoms with van der Waals surface area (Å²) in [6, 6.07) is 16.5. The van der Waals surface area contributed by atoms with Gasteiger partial charge >= 0.3 is 11.7 Å².